The van der Waals surface area contributed by atoms with Gasteiger partial charge >= 0.3 is 0 Å². The third-order valence-corrected chi connectivity index (χ3v) is 7.78. The van der Waals surface area contributed by atoms with Gasteiger partial charge in [0.05, 0.1) is 4.90 Å². The number of nitrogens with one attached hydrogen (secondary N) is 1. The first-order chi connectivity index (χ1) is 15.3. The van der Waals surface area contributed by atoms with Crippen molar-refractivity contribution in [3.8, 4) is 0 Å². The number of aromatic nitrogens is 3. The number of anilines is 1. The summed E-state index contributed by atoms with van der Waals surface area (Å²) < 4.78 is 28.3. The number of hydrogen-bond acceptors (Lipinski definition) is 6. The van der Waals surface area contributed by atoms with Crippen LogP contribution >= 0.6 is 11.8 Å². The summed E-state index contributed by atoms with van der Waals surface area (Å²) in [6.45, 7) is 4.45. The monoisotopic (exact) mass is 471 g/mol. The summed E-state index contributed by atoms with van der Waals surface area (Å²) in [6, 6.07) is 13.9. The molecule has 3 rings (SSSR count). The number of nitrogens with zero attached hydrogens (tertiary/aromatic N) is 4. The number of amides is 1. The Kier molecular flexibility index (Phi) is 7.84. The van der Waals surface area contributed by atoms with Gasteiger partial charge in [-0.1, -0.05) is 26.0 Å². The van der Waals surface area contributed by atoms with Gasteiger partial charge < -0.3 is 9.88 Å². The number of hydrogen-bond donors (Lipinski definition) is 1. The van der Waals surface area contributed by atoms with Crippen molar-refractivity contribution in [2.75, 3.05) is 18.4 Å². The molecule has 168 valence electrons. The van der Waals surface area contributed by atoms with E-state index in [4.69, 9.17) is 0 Å². The molecule has 1 amide bonds. The van der Waals surface area contributed by atoms with E-state index in [2.05, 4.69) is 15.5 Å². The first-order valence-corrected chi connectivity index (χ1v) is 12.3. The zero-order valence-electron chi connectivity index (χ0n) is 18.1. The van der Waals surface area contributed by atoms with Crippen LogP contribution < -0.4 is 5.32 Å². The molecule has 10 heteroatoms. The summed E-state index contributed by atoms with van der Waals surface area (Å²) in [5, 5.41) is 11.5. The van der Waals surface area contributed by atoms with Gasteiger partial charge in [-0.25, -0.2) is 8.42 Å². The molecule has 0 spiro atoms. The van der Waals surface area contributed by atoms with Crippen molar-refractivity contribution in [1.29, 1.82) is 0 Å². The molecule has 0 aliphatic heterocycles. The van der Waals surface area contributed by atoms with Crippen molar-refractivity contribution in [1.82, 2.24) is 19.1 Å². The fourth-order valence-electron chi connectivity index (χ4n) is 2.90. The van der Waals surface area contributed by atoms with Gasteiger partial charge in [0.2, 0.25) is 15.9 Å². The molecule has 0 bridgehead atoms. The van der Waals surface area contributed by atoms with Gasteiger partial charge in [-0.05, 0) is 59.8 Å². The number of benzene rings is 2. The molecule has 0 atom stereocenters. The van der Waals surface area contributed by atoms with Crippen LogP contribution in [0.25, 0.3) is 6.08 Å². The SMILES string of the molecule is CCN(CC)S(=O)(=O)c1ccc(/C=C/C(=O)Nc2ccc(Sc3nncn3C)cc2)cc1. The lowest BCUT2D eigenvalue weighted by atomic mass is 10.2. The topological polar surface area (TPSA) is 97.2 Å². The van der Waals surface area contributed by atoms with E-state index in [0.717, 1.165) is 15.6 Å². The quantitative estimate of drug-likeness (QED) is 0.479. The van der Waals surface area contributed by atoms with Gasteiger partial charge in [-0.15, -0.1) is 10.2 Å². The van der Waals surface area contributed by atoms with E-state index in [1.165, 1.54) is 22.1 Å². The molecule has 1 N–H and O–H groups in total. The lowest BCUT2D eigenvalue weighted by molar-refractivity contribution is -0.111. The van der Waals surface area contributed by atoms with Gasteiger partial charge in [-0.2, -0.15) is 4.31 Å². The van der Waals surface area contributed by atoms with Crippen LogP contribution in [0.3, 0.4) is 0 Å². The second kappa shape index (κ2) is 10.6. The maximum atomic E-state index is 12.5. The largest absolute Gasteiger partial charge is 0.323 e. The molecule has 2 aromatic carbocycles. The molecular formula is C22H25N5O3S2. The molecule has 0 fully saturated rings. The third-order valence-electron chi connectivity index (χ3n) is 4.65. The van der Waals surface area contributed by atoms with Crippen LogP contribution in [0.5, 0.6) is 0 Å². The van der Waals surface area contributed by atoms with E-state index in [9.17, 15) is 13.2 Å². The fraction of sp³-hybridized carbons (Fsp3) is 0.227. The Hall–Kier alpha value is -2.95. The third kappa shape index (κ3) is 5.84. The van der Waals surface area contributed by atoms with Crippen molar-refractivity contribution >= 4 is 39.5 Å². The first kappa shape index (κ1) is 23.7. The van der Waals surface area contributed by atoms with Crippen molar-refractivity contribution in [3.63, 3.8) is 0 Å². The number of carbonyl (C=O) groups is 1. The van der Waals surface area contributed by atoms with Gasteiger partial charge in [0.25, 0.3) is 0 Å². The zero-order valence-corrected chi connectivity index (χ0v) is 19.7. The highest BCUT2D eigenvalue weighted by molar-refractivity contribution is 7.99. The lowest BCUT2D eigenvalue weighted by Crippen LogP contribution is -2.30. The van der Waals surface area contributed by atoms with Gasteiger partial charge in [0.15, 0.2) is 5.16 Å². The Morgan fingerprint density at radius 3 is 2.31 bits per heavy atom. The number of rotatable bonds is 9. The minimum atomic E-state index is -3.49. The molecule has 0 radical (unpaired) electrons. The summed E-state index contributed by atoms with van der Waals surface area (Å²) in [5.41, 5.74) is 1.40. The molecule has 1 aromatic heterocycles. The van der Waals surface area contributed by atoms with E-state index < -0.39 is 10.0 Å². The van der Waals surface area contributed by atoms with Crippen LogP contribution in [0.4, 0.5) is 5.69 Å². The summed E-state index contributed by atoms with van der Waals surface area (Å²) in [6.07, 6.45) is 4.69. The predicted octanol–water partition coefficient (Wildman–Crippen LogP) is 3.65. The Bertz CT molecular complexity index is 1180. The number of sulfonamides is 1. The average Bonchev–Trinajstić information content (AvgIpc) is 3.19. The van der Waals surface area contributed by atoms with Gasteiger partial charge in [-0.3, -0.25) is 4.79 Å². The summed E-state index contributed by atoms with van der Waals surface area (Å²) >= 11 is 1.48. The average molecular weight is 472 g/mol. The zero-order chi connectivity index (χ0) is 23.1. The standard InChI is InChI=1S/C22H25N5O3S2/c1-4-27(5-2)32(29,30)20-13-6-17(7-14-20)8-15-21(28)24-18-9-11-19(12-10-18)31-22-25-23-16-26(22)3/h6-16H,4-5H2,1-3H3,(H,24,28)/b15-8+. The molecule has 0 aliphatic rings. The Morgan fingerprint density at radius 1 is 1.09 bits per heavy atom. The molecule has 8 nitrogen and oxygen atoms in total. The number of carbonyl (C=O) groups excluding carboxylic acids is 1. The molecule has 0 unspecified atom stereocenters. The van der Waals surface area contributed by atoms with E-state index in [-0.39, 0.29) is 10.8 Å². The Balaban J connectivity index is 1.59. The Labute approximate surface area is 192 Å². The molecule has 32 heavy (non-hydrogen) atoms. The fourth-order valence-corrected chi connectivity index (χ4v) is 5.12. The van der Waals surface area contributed by atoms with Crippen LogP contribution in [0.15, 0.2) is 75.9 Å². The van der Waals surface area contributed by atoms with E-state index in [0.29, 0.717) is 18.8 Å². The second-order valence-electron chi connectivity index (χ2n) is 6.83. The van der Waals surface area contributed by atoms with Crippen LogP contribution in [0.1, 0.15) is 19.4 Å². The van der Waals surface area contributed by atoms with Crippen LogP contribution in [0.2, 0.25) is 0 Å². The Morgan fingerprint density at radius 2 is 1.75 bits per heavy atom. The molecule has 0 saturated carbocycles. The second-order valence-corrected chi connectivity index (χ2v) is 9.81. The van der Waals surface area contributed by atoms with Crippen molar-refractivity contribution in [2.45, 2.75) is 28.8 Å². The maximum Gasteiger partial charge on any atom is 0.248 e. The van der Waals surface area contributed by atoms with Crippen molar-refractivity contribution in [2.24, 2.45) is 7.05 Å². The lowest BCUT2D eigenvalue weighted by Gasteiger charge is -2.18. The van der Waals surface area contributed by atoms with E-state index in [1.807, 2.05) is 35.9 Å². The molecular weight excluding hydrogens is 446 g/mol. The summed E-state index contributed by atoms with van der Waals surface area (Å²) in [4.78, 5) is 13.5. The predicted molar refractivity (Wildman–Crippen MR) is 126 cm³/mol. The normalized spacial score (nSPS) is 11.9. The molecule has 3 aromatic rings. The highest BCUT2D eigenvalue weighted by atomic mass is 32.2. The molecule has 1 heterocycles. The van der Waals surface area contributed by atoms with Gasteiger partial charge in [0, 0.05) is 36.8 Å². The first-order valence-electron chi connectivity index (χ1n) is 10.0. The summed E-state index contributed by atoms with van der Waals surface area (Å²) in [5.74, 6) is -0.279. The maximum absolute atomic E-state index is 12.5. The smallest absolute Gasteiger partial charge is 0.248 e. The molecule has 0 aliphatic carbocycles. The van der Waals surface area contributed by atoms with Crippen LogP contribution in [-0.2, 0) is 21.9 Å². The van der Waals surface area contributed by atoms with Crippen molar-refractivity contribution < 1.29 is 13.2 Å². The molecule has 0 saturated heterocycles. The highest BCUT2D eigenvalue weighted by Gasteiger charge is 2.20. The van der Waals surface area contributed by atoms with Gasteiger partial charge in [0.1, 0.15) is 6.33 Å². The van der Waals surface area contributed by atoms with E-state index >= 15 is 0 Å². The highest BCUT2D eigenvalue weighted by Crippen LogP contribution is 2.26. The minimum Gasteiger partial charge on any atom is -0.323 e. The summed E-state index contributed by atoms with van der Waals surface area (Å²) in [7, 11) is -1.62. The minimum absolute atomic E-state index is 0.238. The van der Waals surface area contributed by atoms with Crippen LogP contribution in [-0.4, -0.2) is 46.5 Å². The van der Waals surface area contributed by atoms with Crippen LogP contribution in [0, 0.1) is 0 Å². The number of aryl methyl sites for hydroxylation is 1. The van der Waals surface area contributed by atoms with E-state index in [1.54, 1.807) is 50.5 Å². The van der Waals surface area contributed by atoms with Crippen molar-refractivity contribution in [3.05, 3.63) is 66.5 Å².